The lowest BCUT2D eigenvalue weighted by Gasteiger charge is -2.44. The Morgan fingerprint density at radius 3 is 2.12 bits per heavy atom. The van der Waals surface area contributed by atoms with Crippen LogP contribution in [0.25, 0.3) is 0 Å². The Balaban J connectivity index is 2.94. The van der Waals surface area contributed by atoms with Crippen LogP contribution in [0.4, 0.5) is 0 Å². The van der Waals surface area contributed by atoms with E-state index in [0.29, 0.717) is 24.7 Å². The molecule has 1 rings (SSSR count). The molecule has 1 N–H and O–H groups in total. The van der Waals surface area contributed by atoms with Gasteiger partial charge in [-0.2, -0.15) is 0 Å². The van der Waals surface area contributed by atoms with Crippen molar-refractivity contribution >= 4 is 5.97 Å². The highest BCUT2D eigenvalue weighted by atomic mass is 16.5. The van der Waals surface area contributed by atoms with Gasteiger partial charge in [-0.25, -0.2) is 0 Å². The molecular formula is C14H26O3. The fraction of sp³-hybridized carbons (Fsp3) is 0.929. The Kier molecular flexibility index (Phi) is 4.59. The van der Waals surface area contributed by atoms with E-state index in [0.717, 1.165) is 6.42 Å². The van der Waals surface area contributed by atoms with E-state index in [9.17, 15) is 9.90 Å². The van der Waals surface area contributed by atoms with Gasteiger partial charge in [-0.15, -0.1) is 0 Å². The summed E-state index contributed by atoms with van der Waals surface area (Å²) in [6.45, 7) is 8.25. The minimum Gasteiger partial charge on any atom is -0.469 e. The summed E-state index contributed by atoms with van der Waals surface area (Å²) in [4.78, 5) is 11.9. The Bertz CT molecular complexity index is 263. The predicted molar refractivity (Wildman–Crippen MR) is 67.5 cm³/mol. The van der Waals surface area contributed by atoms with Crippen LogP contribution in [0.15, 0.2) is 0 Å². The van der Waals surface area contributed by atoms with Crippen LogP contribution in [0.5, 0.6) is 0 Å². The molecule has 0 amide bonds. The van der Waals surface area contributed by atoms with E-state index in [1.54, 1.807) is 0 Å². The van der Waals surface area contributed by atoms with E-state index in [-0.39, 0.29) is 11.9 Å². The first-order valence-electron chi connectivity index (χ1n) is 6.60. The SMILES string of the molecule is COC(=O)C(C(C)C)C1(O)CC(C)CC(C)C1. The summed E-state index contributed by atoms with van der Waals surface area (Å²) in [7, 11) is 1.40. The number of rotatable bonds is 3. The van der Waals surface area contributed by atoms with Crippen LogP contribution in [0.1, 0.15) is 47.0 Å². The van der Waals surface area contributed by atoms with Crippen molar-refractivity contribution in [2.75, 3.05) is 7.11 Å². The van der Waals surface area contributed by atoms with Crippen LogP contribution < -0.4 is 0 Å². The molecule has 1 aliphatic carbocycles. The summed E-state index contributed by atoms with van der Waals surface area (Å²) in [5.41, 5.74) is -0.891. The minimum atomic E-state index is -0.891. The smallest absolute Gasteiger partial charge is 0.311 e. The molecule has 0 aromatic carbocycles. The lowest BCUT2D eigenvalue weighted by Crippen LogP contribution is -2.50. The highest BCUT2D eigenvalue weighted by Gasteiger charge is 2.47. The fourth-order valence-electron chi connectivity index (χ4n) is 3.64. The number of ether oxygens (including phenoxy) is 1. The van der Waals surface area contributed by atoms with Gasteiger partial charge in [0, 0.05) is 0 Å². The van der Waals surface area contributed by atoms with Gasteiger partial charge in [0.25, 0.3) is 0 Å². The number of hydrogen-bond donors (Lipinski definition) is 1. The zero-order chi connectivity index (χ0) is 13.2. The number of aliphatic hydroxyl groups is 1. The maximum atomic E-state index is 11.9. The molecule has 0 bridgehead atoms. The van der Waals surface area contributed by atoms with Gasteiger partial charge in [-0.05, 0) is 37.0 Å². The third kappa shape index (κ3) is 3.21. The van der Waals surface area contributed by atoms with Gasteiger partial charge in [-0.3, -0.25) is 4.79 Å². The molecule has 3 unspecified atom stereocenters. The van der Waals surface area contributed by atoms with Gasteiger partial charge in [0.05, 0.1) is 18.6 Å². The third-order valence-corrected chi connectivity index (χ3v) is 3.91. The summed E-state index contributed by atoms with van der Waals surface area (Å²) < 4.78 is 4.86. The van der Waals surface area contributed by atoms with Gasteiger partial charge in [-0.1, -0.05) is 27.7 Å². The van der Waals surface area contributed by atoms with Crippen molar-refractivity contribution in [1.29, 1.82) is 0 Å². The van der Waals surface area contributed by atoms with E-state index >= 15 is 0 Å². The van der Waals surface area contributed by atoms with E-state index in [1.807, 2.05) is 13.8 Å². The topological polar surface area (TPSA) is 46.5 Å². The molecule has 3 atom stereocenters. The second kappa shape index (κ2) is 5.38. The van der Waals surface area contributed by atoms with Crippen LogP contribution in [-0.4, -0.2) is 23.8 Å². The zero-order valence-electron chi connectivity index (χ0n) is 11.7. The van der Waals surface area contributed by atoms with Crippen molar-refractivity contribution in [2.45, 2.75) is 52.6 Å². The molecule has 3 heteroatoms. The normalized spacial score (nSPS) is 35.7. The number of methoxy groups -OCH3 is 1. The number of esters is 1. The molecule has 1 saturated carbocycles. The Morgan fingerprint density at radius 1 is 1.29 bits per heavy atom. The molecule has 0 aliphatic heterocycles. The van der Waals surface area contributed by atoms with Crippen LogP contribution in [0, 0.1) is 23.7 Å². The monoisotopic (exact) mass is 242 g/mol. The van der Waals surface area contributed by atoms with Crippen molar-refractivity contribution in [3.05, 3.63) is 0 Å². The fourth-order valence-corrected chi connectivity index (χ4v) is 3.64. The zero-order valence-corrected chi connectivity index (χ0v) is 11.7. The maximum absolute atomic E-state index is 11.9. The molecule has 0 spiro atoms. The molecule has 3 nitrogen and oxygen atoms in total. The molecule has 0 saturated heterocycles. The van der Waals surface area contributed by atoms with E-state index in [1.165, 1.54) is 7.11 Å². The van der Waals surface area contributed by atoms with Gasteiger partial charge in [0.1, 0.15) is 0 Å². The first-order valence-corrected chi connectivity index (χ1v) is 6.60. The van der Waals surface area contributed by atoms with E-state index in [4.69, 9.17) is 4.74 Å². The first-order chi connectivity index (χ1) is 7.80. The van der Waals surface area contributed by atoms with Gasteiger partial charge in [0.15, 0.2) is 0 Å². The summed E-state index contributed by atoms with van der Waals surface area (Å²) in [6.07, 6.45) is 2.54. The molecule has 0 heterocycles. The lowest BCUT2D eigenvalue weighted by molar-refractivity contribution is -0.165. The summed E-state index contributed by atoms with van der Waals surface area (Å²) in [5, 5.41) is 10.8. The Hall–Kier alpha value is -0.570. The number of hydrogen-bond acceptors (Lipinski definition) is 3. The van der Waals surface area contributed by atoms with Crippen molar-refractivity contribution in [1.82, 2.24) is 0 Å². The number of carbonyl (C=O) groups is 1. The quantitative estimate of drug-likeness (QED) is 0.774. The molecule has 1 aliphatic rings. The summed E-state index contributed by atoms with van der Waals surface area (Å²) >= 11 is 0. The van der Waals surface area contributed by atoms with E-state index < -0.39 is 11.5 Å². The van der Waals surface area contributed by atoms with Gasteiger partial charge >= 0.3 is 5.97 Å². The third-order valence-electron chi connectivity index (χ3n) is 3.91. The predicted octanol–water partition coefficient (Wildman–Crippen LogP) is 2.62. The highest BCUT2D eigenvalue weighted by Crippen LogP contribution is 2.43. The second-order valence-electron chi connectivity index (χ2n) is 6.20. The Labute approximate surface area is 105 Å². The van der Waals surface area contributed by atoms with Crippen LogP contribution in [0.3, 0.4) is 0 Å². The molecule has 17 heavy (non-hydrogen) atoms. The molecule has 0 radical (unpaired) electrons. The Morgan fingerprint density at radius 2 is 1.76 bits per heavy atom. The number of carbonyl (C=O) groups excluding carboxylic acids is 1. The van der Waals surface area contributed by atoms with Gasteiger partial charge in [0.2, 0.25) is 0 Å². The largest absolute Gasteiger partial charge is 0.469 e. The van der Waals surface area contributed by atoms with Crippen molar-refractivity contribution in [3.63, 3.8) is 0 Å². The maximum Gasteiger partial charge on any atom is 0.311 e. The van der Waals surface area contributed by atoms with Crippen molar-refractivity contribution < 1.29 is 14.6 Å². The van der Waals surface area contributed by atoms with Crippen molar-refractivity contribution in [2.24, 2.45) is 23.7 Å². The van der Waals surface area contributed by atoms with Crippen LogP contribution >= 0.6 is 0 Å². The average molecular weight is 242 g/mol. The molecule has 100 valence electrons. The summed E-state index contributed by atoms with van der Waals surface area (Å²) in [6, 6.07) is 0. The average Bonchev–Trinajstić information content (AvgIpc) is 2.13. The molecular weight excluding hydrogens is 216 g/mol. The van der Waals surface area contributed by atoms with Crippen LogP contribution in [-0.2, 0) is 9.53 Å². The first kappa shape index (κ1) is 14.5. The molecule has 0 aromatic heterocycles. The van der Waals surface area contributed by atoms with Crippen LogP contribution in [0.2, 0.25) is 0 Å². The second-order valence-corrected chi connectivity index (χ2v) is 6.20. The van der Waals surface area contributed by atoms with Gasteiger partial charge < -0.3 is 9.84 Å². The summed E-state index contributed by atoms with van der Waals surface area (Å²) in [5.74, 6) is 0.357. The molecule has 1 fully saturated rings. The van der Waals surface area contributed by atoms with Crippen molar-refractivity contribution in [3.8, 4) is 0 Å². The molecule has 0 aromatic rings. The highest BCUT2D eigenvalue weighted by molar-refractivity contribution is 5.74. The lowest BCUT2D eigenvalue weighted by atomic mass is 9.65. The van der Waals surface area contributed by atoms with E-state index in [2.05, 4.69) is 13.8 Å². The minimum absolute atomic E-state index is 0.102. The standard InChI is InChI=1S/C14H26O3/c1-9(2)12(13(15)17-5)14(16)7-10(3)6-11(4)8-14/h9-12,16H,6-8H2,1-5H3.